The van der Waals surface area contributed by atoms with Gasteiger partial charge in [0.15, 0.2) is 5.82 Å². The summed E-state index contributed by atoms with van der Waals surface area (Å²) in [5.41, 5.74) is 3.42. The van der Waals surface area contributed by atoms with Crippen LogP contribution in [0.5, 0.6) is 0 Å². The minimum atomic E-state index is -0.627. The normalized spacial score (nSPS) is 17.7. The zero-order chi connectivity index (χ0) is 25.2. The number of piperidine rings is 1. The zero-order valence-electron chi connectivity index (χ0n) is 20.5. The van der Waals surface area contributed by atoms with Crippen LogP contribution in [0, 0.1) is 23.0 Å². The lowest BCUT2D eigenvalue weighted by molar-refractivity contribution is 0.280. The Balaban J connectivity index is 1.56. The second-order valence-electron chi connectivity index (χ2n) is 9.52. The van der Waals surface area contributed by atoms with Crippen molar-refractivity contribution in [3.8, 4) is 23.0 Å². The van der Waals surface area contributed by atoms with E-state index in [0.29, 0.717) is 22.6 Å². The van der Waals surface area contributed by atoms with Crippen LogP contribution >= 0.6 is 0 Å². The Hall–Kier alpha value is -3.70. The van der Waals surface area contributed by atoms with Gasteiger partial charge in [-0.05, 0) is 68.6 Å². The topological polar surface area (TPSA) is 60.1 Å². The average Bonchev–Trinajstić information content (AvgIpc) is 3.59. The van der Waals surface area contributed by atoms with Crippen molar-refractivity contribution in [1.82, 2.24) is 20.0 Å². The van der Waals surface area contributed by atoms with Crippen LogP contribution in [0.2, 0.25) is 0 Å². The van der Waals surface area contributed by atoms with E-state index in [0.717, 1.165) is 57.5 Å². The third-order valence-electron chi connectivity index (χ3n) is 7.27. The minimum Gasteiger partial charge on any atom is -0.371 e. The summed E-state index contributed by atoms with van der Waals surface area (Å²) >= 11 is 0. The first-order valence-corrected chi connectivity index (χ1v) is 12.4. The van der Waals surface area contributed by atoms with E-state index >= 15 is 4.39 Å². The highest BCUT2D eigenvalue weighted by Gasteiger charge is 2.24. The molecule has 0 radical (unpaired) electrons. The summed E-state index contributed by atoms with van der Waals surface area (Å²) in [7, 11) is 1.99. The Morgan fingerprint density at radius 2 is 1.92 bits per heavy atom. The lowest BCUT2D eigenvalue weighted by atomic mass is 10.0. The van der Waals surface area contributed by atoms with Crippen molar-refractivity contribution < 1.29 is 8.78 Å². The molecule has 2 aliphatic rings. The van der Waals surface area contributed by atoms with Gasteiger partial charge in [-0.15, -0.1) is 0 Å². The van der Waals surface area contributed by atoms with E-state index in [1.165, 1.54) is 16.8 Å². The molecule has 1 atom stereocenters. The van der Waals surface area contributed by atoms with Crippen molar-refractivity contribution in [2.75, 3.05) is 38.1 Å². The molecule has 1 unspecified atom stereocenters. The smallest absolute Gasteiger partial charge is 0.150 e. The first-order valence-electron chi connectivity index (χ1n) is 12.4. The third-order valence-corrected chi connectivity index (χ3v) is 7.27. The Labute approximate surface area is 210 Å². The van der Waals surface area contributed by atoms with Gasteiger partial charge in [0.2, 0.25) is 0 Å². The molecule has 2 fully saturated rings. The van der Waals surface area contributed by atoms with Gasteiger partial charge in [-0.25, -0.2) is 13.5 Å². The molecule has 0 amide bonds. The molecule has 186 valence electrons. The van der Waals surface area contributed by atoms with E-state index in [-0.39, 0.29) is 17.3 Å². The lowest BCUT2D eigenvalue weighted by Gasteiger charge is -2.33. The predicted octanol–water partition coefficient (Wildman–Crippen LogP) is 4.94. The predicted molar refractivity (Wildman–Crippen MR) is 138 cm³/mol. The number of anilines is 1. The summed E-state index contributed by atoms with van der Waals surface area (Å²) in [5, 5.41) is 17.3. The van der Waals surface area contributed by atoms with Crippen molar-refractivity contribution in [3.63, 3.8) is 0 Å². The molecule has 5 rings (SSSR count). The van der Waals surface area contributed by atoms with Gasteiger partial charge in [0.1, 0.15) is 23.3 Å². The molecule has 36 heavy (non-hydrogen) atoms. The molecule has 3 heterocycles. The minimum absolute atomic E-state index is 0.0415. The van der Waals surface area contributed by atoms with Gasteiger partial charge >= 0.3 is 0 Å². The van der Waals surface area contributed by atoms with Crippen LogP contribution in [0.1, 0.15) is 36.9 Å². The number of halogens is 2. The fraction of sp³-hybridized carbons (Fsp3) is 0.357. The van der Waals surface area contributed by atoms with Gasteiger partial charge in [-0.2, -0.15) is 10.4 Å². The molecule has 3 aromatic rings. The molecule has 0 spiro atoms. The van der Waals surface area contributed by atoms with Gasteiger partial charge < -0.3 is 15.1 Å². The van der Waals surface area contributed by atoms with Gasteiger partial charge in [0.05, 0.1) is 17.0 Å². The Morgan fingerprint density at radius 1 is 1.11 bits per heavy atom. The Kier molecular flexibility index (Phi) is 6.75. The Bertz CT molecular complexity index is 1310. The van der Waals surface area contributed by atoms with E-state index in [1.807, 2.05) is 25.2 Å². The van der Waals surface area contributed by atoms with Gasteiger partial charge in [-0.1, -0.05) is 12.6 Å². The van der Waals surface area contributed by atoms with Gasteiger partial charge in [-0.3, -0.25) is 0 Å². The zero-order valence-corrected chi connectivity index (χ0v) is 20.5. The molecule has 1 aromatic heterocycles. The van der Waals surface area contributed by atoms with Gasteiger partial charge in [0.25, 0.3) is 0 Å². The maximum atomic E-state index is 15.5. The van der Waals surface area contributed by atoms with Crippen LogP contribution in [-0.2, 0) is 0 Å². The fourth-order valence-electron chi connectivity index (χ4n) is 5.08. The van der Waals surface area contributed by atoms with Crippen LogP contribution < -0.4 is 10.2 Å². The first-order chi connectivity index (χ1) is 17.5. The molecule has 2 aliphatic heterocycles. The largest absolute Gasteiger partial charge is 0.371 e. The van der Waals surface area contributed by atoms with E-state index in [2.05, 4.69) is 21.7 Å². The highest BCUT2D eigenvalue weighted by Crippen LogP contribution is 2.32. The van der Waals surface area contributed by atoms with E-state index in [1.54, 1.807) is 18.2 Å². The molecule has 1 N–H and O–H groups in total. The first kappa shape index (κ1) is 24.0. The number of aromatic nitrogens is 2. The highest BCUT2D eigenvalue weighted by atomic mass is 19.1. The van der Waals surface area contributed by atoms with Gasteiger partial charge in [0, 0.05) is 44.0 Å². The summed E-state index contributed by atoms with van der Waals surface area (Å²) in [4.78, 5) is 4.28. The van der Waals surface area contributed by atoms with Crippen LogP contribution in [0.15, 0.2) is 49.0 Å². The number of likely N-dealkylation sites (N-methyl/N-ethyl adjacent to an activating group) is 1. The van der Waals surface area contributed by atoms with Crippen molar-refractivity contribution in [1.29, 1.82) is 5.26 Å². The fourth-order valence-corrected chi connectivity index (χ4v) is 5.08. The maximum absolute atomic E-state index is 15.5. The SMILES string of the molecule is C=C(c1cc(-c2ccc(C#N)c(F)c2)n(-c2ccc(N3CCCC3)cc2F)n1)N(C)C1CCCNC1. The van der Waals surface area contributed by atoms with Crippen LogP contribution in [0.3, 0.4) is 0 Å². The summed E-state index contributed by atoms with van der Waals surface area (Å²) in [6.45, 7) is 7.98. The summed E-state index contributed by atoms with van der Waals surface area (Å²) in [5.74, 6) is -1.03. The van der Waals surface area contributed by atoms with E-state index in [9.17, 15) is 4.39 Å². The standard InChI is InChI=1S/C28H30F2N6/c1-19(34(2)23-6-5-11-32-18-23)26-16-28(20-7-8-21(17-31)24(29)14-20)36(33-26)27-10-9-22(15-25(27)30)35-12-3-4-13-35/h7-10,14-16,23,32H,1,3-6,11-13,18H2,2H3. The average molecular weight is 489 g/mol. The van der Waals surface area contributed by atoms with Crippen LogP contribution in [0.4, 0.5) is 14.5 Å². The number of nitrogens with zero attached hydrogens (tertiary/aromatic N) is 5. The number of nitrogens with one attached hydrogen (secondary N) is 1. The van der Waals surface area contributed by atoms with Crippen LogP contribution in [-0.4, -0.2) is 53.9 Å². The number of nitriles is 1. The number of benzene rings is 2. The van der Waals surface area contributed by atoms with Crippen molar-refractivity contribution in [3.05, 3.63) is 71.9 Å². The van der Waals surface area contributed by atoms with E-state index in [4.69, 9.17) is 10.4 Å². The molecule has 2 saturated heterocycles. The molecule has 0 saturated carbocycles. The second kappa shape index (κ2) is 10.1. The van der Waals surface area contributed by atoms with Crippen molar-refractivity contribution >= 4 is 11.4 Å². The summed E-state index contributed by atoms with van der Waals surface area (Å²) in [6.07, 6.45) is 4.34. The molecular formula is C28H30F2N6. The lowest BCUT2D eigenvalue weighted by Crippen LogP contribution is -2.43. The highest BCUT2D eigenvalue weighted by molar-refractivity contribution is 5.70. The molecular weight excluding hydrogens is 458 g/mol. The number of hydrogen-bond acceptors (Lipinski definition) is 5. The summed E-state index contributed by atoms with van der Waals surface area (Å²) in [6, 6.07) is 13.5. The summed E-state index contributed by atoms with van der Waals surface area (Å²) < 4.78 is 31.6. The monoisotopic (exact) mass is 488 g/mol. The second-order valence-corrected chi connectivity index (χ2v) is 9.52. The molecule has 6 nitrogen and oxygen atoms in total. The third kappa shape index (κ3) is 4.59. The van der Waals surface area contributed by atoms with Crippen molar-refractivity contribution in [2.24, 2.45) is 0 Å². The number of rotatable bonds is 6. The Morgan fingerprint density at radius 3 is 2.58 bits per heavy atom. The van der Waals surface area contributed by atoms with Crippen molar-refractivity contribution in [2.45, 2.75) is 31.7 Å². The molecule has 0 bridgehead atoms. The maximum Gasteiger partial charge on any atom is 0.150 e. The molecule has 8 heteroatoms. The van der Waals surface area contributed by atoms with E-state index < -0.39 is 11.6 Å². The molecule has 0 aliphatic carbocycles. The van der Waals surface area contributed by atoms with Crippen LogP contribution in [0.25, 0.3) is 22.6 Å². The quantitative estimate of drug-likeness (QED) is 0.532. The number of hydrogen-bond donors (Lipinski definition) is 1. The molecule has 2 aromatic carbocycles.